The Hall–Kier alpha value is -2.14. The summed E-state index contributed by atoms with van der Waals surface area (Å²) in [4.78, 5) is 27.5. The molecule has 1 aliphatic rings. The smallest absolute Gasteiger partial charge is 0.265 e. The summed E-state index contributed by atoms with van der Waals surface area (Å²) in [6.45, 7) is 5.98. The molecule has 1 aliphatic heterocycles. The lowest BCUT2D eigenvalue weighted by Crippen LogP contribution is -2.42. The lowest BCUT2D eigenvalue weighted by molar-refractivity contribution is 0.0623. The van der Waals surface area contributed by atoms with E-state index in [0.29, 0.717) is 28.0 Å². The number of nitrogens with one attached hydrogen (secondary N) is 1. The molecular formula is C19H22N2O2S. The molecule has 0 aliphatic carbocycles. The van der Waals surface area contributed by atoms with Crippen LogP contribution in [0.5, 0.6) is 0 Å². The van der Waals surface area contributed by atoms with Crippen LogP contribution in [-0.2, 0) is 0 Å². The number of amides is 2. The molecule has 2 unspecified atom stereocenters. The second-order valence-corrected chi connectivity index (χ2v) is 7.62. The van der Waals surface area contributed by atoms with Crippen LogP contribution in [0.3, 0.4) is 0 Å². The summed E-state index contributed by atoms with van der Waals surface area (Å²) in [5, 5.41) is 4.73. The molecule has 1 saturated heterocycles. The molecule has 126 valence electrons. The van der Waals surface area contributed by atoms with E-state index in [1.165, 1.54) is 17.8 Å². The van der Waals surface area contributed by atoms with E-state index >= 15 is 0 Å². The van der Waals surface area contributed by atoms with Crippen molar-refractivity contribution in [2.45, 2.75) is 20.3 Å². The van der Waals surface area contributed by atoms with Gasteiger partial charge in [-0.3, -0.25) is 9.59 Å². The van der Waals surface area contributed by atoms with Gasteiger partial charge < -0.3 is 10.2 Å². The molecule has 0 bridgehead atoms. The maximum atomic E-state index is 12.8. The maximum Gasteiger partial charge on any atom is 0.265 e. The largest absolute Gasteiger partial charge is 0.338 e. The lowest BCUT2D eigenvalue weighted by atomic mass is 9.91. The number of piperidine rings is 1. The molecule has 1 fully saturated rings. The number of hydrogen-bond donors (Lipinski definition) is 1. The van der Waals surface area contributed by atoms with Crippen LogP contribution in [0.1, 0.15) is 40.3 Å². The Labute approximate surface area is 146 Å². The molecule has 3 rings (SSSR count). The van der Waals surface area contributed by atoms with Crippen LogP contribution in [0, 0.1) is 11.8 Å². The molecule has 2 heterocycles. The highest BCUT2D eigenvalue weighted by molar-refractivity contribution is 7.12. The highest BCUT2D eigenvalue weighted by Crippen LogP contribution is 2.23. The molecule has 5 heteroatoms. The van der Waals surface area contributed by atoms with Crippen LogP contribution in [0.2, 0.25) is 0 Å². The number of thiophene rings is 1. The minimum absolute atomic E-state index is 0.0422. The van der Waals surface area contributed by atoms with Gasteiger partial charge in [0, 0.05) is 24.3 Å². The molecule has 24 heavy (non-hydrogen) atoms. The Bertz CT molecular complexity index is 717. The number of carbonyl (C=O) groups is 2. The fourth-order valence-corrected chi connectivity index (χ4v) is 3.96. The third kappa shape index (κ3) is 3.85. The standard InChI is InChI=1S/C19H22N2O2S/c1-13-9-14(2)12-21(11-13)19(23)15-5-3-6-16(10-15)20-18(22)17-7-4-8-24-17/h3-8,10,13-14H,9,11-12H2,1-2H3,(H,20,22). The van der Waals surface area contributed by atoms with E-state index in [1.54, 1.807) is 12.1 Å². The first-order valence-corrected chi connectivity index (χ1v) is 9.15. The van der Waals surface area contributed by atoms with Crippen LogP contribution in [0.4, 0.5) is 5.69 Å². The average molecular weight is 342 g/mol. The Kier molecular flexibility index (Phi) is 5.00. The van der Waals surface area contributed by atoms with Gasteiger partial charge in [0.2, 0.25) is 0 Å². The molecule has 0 radical (unpaired) electrons. The van der Waals surface area contributed by atoms with E-state index < -0.39 is 0 Å². The van der Waals surface area contributed by atoms with Gasteiger partial charge in [-0.15, -0.1) is 11.3 Å². The predicted molar refractivity (Wildman–Crippen MR) is 97.6 cm³/mol. The van der Waals surface area contributed by atoms with Crippen molar-refractivity contribution in [3.63, 3.8) is 0 Å². The van der Waals surface area contributed by atoms with Crippen molar-refractivity contribution in [2.24, 2.45) is 11.8 Å². The highest BCUT2D eigenvalue weighted by atomic mass is 32.1. The molecule has 4 nitrogen and oxygen atoms in total. The number of hydrogen-bond acceptors (Lipinski definition) is 3. The number of anilines is 1. The summed E-state index contributed by atoms with van der Waals surface area (Å²) < 4.78 is 0. The number of rotatable bonds is 3. The normalized spacial score (nSPS) is 20.7. The van der Waals surface area contributed by atoms with E-state index in [9.17, 15) is 9.59 Å². The molecular weight excluding hydrogens is 320 g/mol. The number of carbonyl (C=O) groups excluding carboxylic acids is 2. The molecule has 1 aromatic carbocycles. The van der Waals surface area contributed by atoms with E-state index in [4.69, 9.17) is 0 Å². The van der Waals surface area contributed by atoms with Crippen molar-refractivity contribution in [3.8, 4) is 0 Å². The van der Waals surface area contributed by atoms with Gasteiger partial charge in [0.25, 0.3) is 11.8 Å². The Morgan fingerprint density at radius 1 is 1.12 bits per heavy atom. The predicted octanol–water partition coefficient (Wildman–Crippen LogP) is 4.12. The summed E-state index contributed by atoms with van der Waals surface area (Å²) in [6.07, 6.45) is 1.17. The number of likely N-dealkylation sites (tertiary alicyclic amines) is 1. The zero-order chi connectivity index (χ0) is 17.1. The summed E-state index contributed by atoms with van der Waals surface area (Å²) in [5.41, 5.74) is 1.28. The molecule has 1 N–H and O–H groups in total. The van der Waals surface area contributed by atoms with Gasteiger partial charge in [-0.25, -0.2) is 0 Å². The Morgan fingerprint density at radius 2 is 1.88 bits per heavy atom. The second kappa shape index (κ2) is 7.18. The van der Waals surface area contributed by atoms with E-state index in [2.05, 4.69) is 19.2 Å². The summed E-state index contributed by atoms with van der Waals surface area (Å²) >= 11 is 1.40. The van der Waals surface area contributed by atoms with Crippen molar-refractivity contribution < 1.29 is 9.59 Å². The topological polar surface area (TPSA) is 49.4 Å². The van der Waals surface area contributed by atoms with Crippen molar-refractivity contribution in [1.82, 2.24) is 4.90 Å². The Morgan fingerprint density at radius 3 is 2.54 bits per heavy atom. The molecule has 0 spiro atoms. The van der Waals surface area contributed by atoms with Crippen molar-refractivity contribution in [1.29, 1.82) is 0 Å². The monoisotopic (exact) mass is 342 g/mol. The molecule has 0 saturated carbocycles. The molecule has 2 atom stereocenters. The summed E-state index contributed by atoms with van der Waals surface area (Å²) in [6, 6.07) is 10.8. The summed E-state index contributed by atoms with van der Waals surface area (Å²) in [7, 11) is 0. The Balaban J connectivity index is 1.72. The SMILES string of the molecule is CC1CC(C)CN(C(=O)c2cccc(NC(=O)c3cccs3)c2)C1. The lowest BCUT2D eigenvalue weighted by Gasteiger charge is -2.35. The van der Waals surface area contributed by atoms with E-state index in [-0.39, 0.29) is 11.8 Å². The van der Waals surface area contributed by atoms with Gasteiger partial charge in [0.05, 0.1) is 4.88 Å². The maximum absolute atomic E-state index is 12.8. The minimum atomic E-state index is -0.144. The zero-order valence-corrected chi connectivity index (χ0v) is 14.8. The van der Waals surface area contributed by atoms with Crippen molar-refractivity contribution in [2.75, 3.05) is 18.4 Å². The van der Waals surface area contributed by atoms with Crippen LogP contribution in [0.15, 0.2) is 41.8 Å². The van der Waals surface area contributed by atoms with E-state index in [1.807, 2.05) is 34.5 Å². The van der Waals surface area contributed by atoms with Gasteiger partial charge in [-0.2, -0.15) is 0 Å². The first-order valence-electron chi connectivity index (χ1n) is 8.27. The van der Waals surface area contributed by atoms with Gasteiger partial charge in [-0.05, 0) is 47.9 Å². The quantitative estimate of drug-likeness (QED) is 0.912. The fourth-order valence-electron chi connectivity index (χ4n) is 3.34. The van der Waals surface area contributed by atoms with Gasteiger partial charge in [0.1, 0.15) is 0 Å². The summed E-state index contributed by atoms with van der Waals surface area (Å²) in [5.74, 6) is 0.953. The molecule has 1 aromatic heterocycles. The number of nitrogens with zero attached hydrogens (tertiary/aromatic N) is 1. The van der Waals surface area contributed by atoms with Crippen LogP contribution >= 0.6 is 11.3 Å². The first-order chi connectivity index (χ1) is 11.5. The van der Waals surface area contributed by atoms with Crippen LogP contribution in [-0.4, -0.2) is 29.8 Å². The number of benzene rings is 1. The van der Waals surface area contributed by atoms with Crippen LogP contribution in [0.25, 0.3) is 0 Å². The molecule has 2 aromatic rings. The zero-order valence-electron chi connectivity index (χ0n) is 14.0. The van der Waals surface area contributed by atoms with Gasteiger partial charge in [-0.1, -0.05) is 26.0 Å². The van der Waals surface area contributed by atoms with Gasteiger partial charge in [0.15, 0.2) is 0 Å². The van der Waals surface area contributed by atoms with Crippen LogP contribution < -0.4 is 5.32 Å². The minimum Gasteiger partial charge on any atom is -0.338 e. The fraction of sp³-hybridized carbons (Fsp3) is 0.368. The first kappa shape index (κ1) is 16.7. The second-order valence-electron chi connectivity index (χ2n) is 6.67. The highest BCUT2D eigenvalue weighted by Gasteiger charge is 2.26. The third-order valence-electron chi connectivity index (χ3n) is 4.27. The van der Waals surface area contributed by atoms with Gasteiger partial charge >= 0.3 is 0 Å². The third-order valence-corrected chi connectivity index (χ3v) is 5.14. The van der Waals surface area contributed by atoms with E-state index in [0.717, 1.165) is 13.1 Å². The molecule has 2 amide bonds. The van der Waals surface area contributed by atoms with Crippen molar-refractivity contribution in [3.05, 3.63) is 52.2 Å². The van der Waals surface area contributed by atoms with Crippen molar-refractivity contribution >= 4 is 28.8 Å². The average Bonchev–Trinajstić information content (AvgIpc) is 3.08.